The topological polar surface area (TPSA) is 78.5 Å². The molecule has 0 unspecified atom stereocenters. The molecule has 0 atom stereocenters. The predicted molar refractivity (Wildman–Crippen MR) is 95.6 cm³/mol. The maximum atomic E-state index is 13.6. The van der Waals surface area contributed by atoms with Crippen molar-refractivity contribution in [2.45, 2.75) is 4.90 Å². The molecule has 0 aliphatic carbocycles. The summed E-state index contributed by atoms with van der Waals surface area (Å²) in [5.74, 6) is 2.99. The number of amides is 2. The summed E-state index contributed by atoms with van der Waals surface area (Å²) in [5.41, 5.74) is 1.33. The molecule has 1 fully saturated rings. The highest BCUT2D eigenvalue weighted by Crippen LogP contribution is 2.18. The smallest absolute Gasteiger partial charge is 0.321 e. The fourth-order valence-corrected chi connectivity index (χ4v) is 3.59. The van der Waals surface area contributed by atoms with Crippen LogP contribution in [0.15, 0.2) is 47.4 Å². The average Bonchev–Trinajstić information content (AvgIpc) is 3.05. The fraction of sp³-hybridized carbons (Fsp3) is 0.167. The van der Waals surface area contributed by atoms with E-state index in [1.807, 2.05) is 4.72 Å². The highest BCUT2D eigenvalue weighted by Gasteiger charge is 2.23. The largest absolute Gasteiger partial charge is 0.336 e. The first-order valence-electron chi connectivity index (χ1n) is 7.96. The van der Waals surface area contributed by atoms with E-state index in [2.05, 4.69) is 17.2 Å². The van der Waals surface area contributed by atoms with Gasteiger partial charge in [-0.1, -0.05) is 17.9 Å². The van der Waals surface area contributed by atoms with E-state index >= 15 is 0 Å². The number of halogens is 2. The average molecular weight is 391 g/mol. The van der Waals surface area contributed by atoms with E-state index in [1.54, 1.807) is 29.2 Å². The quantitative estimate of drug-likeness (QED) is 0.781. The molecule has 0 bridgehead atoms. The van der Waals surface area contributed by atoms with Crippen LogP contribution in [0, 0.1) is 23.5 Å². The number of hydrogen-bond acceptors (Lipinski definition) is 3. The fourth-order valence-electron chi connectivity index (χ4n) is 2.53. The van der Waals surface area contributed by atoms with Gasteiger partial charge in [-0.3, -0.25) is 4.90 Å². The molecule has 2 N–H and O–H groups in total. The van der Waals surface area contributed by atoms with Gasteiger partial charge >= 0.3 is 6.03 Å². The molecule has 1 heterocycles. The second kappa shape index (κ2) is 7.73. The van der Waals surface area contributed by atoms with Gasteiger partial charge in [0.25, 0.3) is 0 Å². The van der Waals surface area contributed by atoms with Gasteiger partial charge in [0, 0.05) is 24.3 Å². The zero-order valence-electron chi connectivity index (χ0n) is 14.0. The number of sulfonamides is 1. The highest BCUT2D eigenvalue weighted by molar-refractivity contribution is 7.89. The van der Waals surface area contributed by atoms with Crippen LogP contribution in [-0.2, 0) is 10.0 Å². The van der Waals surface area contributed by atoms with E-state index in [0.717, 1.165) is 23.9 Å². The van der Waals surface area contributed by atoms with Gasteiger partial charge in [0.1, 0.15) is 11.6 Å². The molecule has 9 heteroatoms. The van der Waals surface area contributed by atoms with Crippen LogP contribution in [0.25, 0.3) is 0 Å². The zero-order chi connectivity index (χ0) is 19.4. The van der Waals surface area contributed by atoms with Gasteiger partial charge in [-0.05, 0) is 36.4 Å². The Morgan fingerprint density at radius 2 is 1.78 bits per heavy atom. The van der Waals surface area contributed by atoms with Crippen LogP contribution in [0.3, 0.4) is 0 Å². The predicted octanol–water partition coefficient (Wildman–Crippen LogP) is 1.82. The number of carbonyl (C=O) groups is 1. The van der Waals surface area contributed by atoms with Crippen LogP contribution in [0.4, 0.5) is 19.3 Å². The Kier molecular flexibility index (Phi) is 5.39. The summed E-state index contributed by atoms with van der Waals surface area (Å²) in [5, 5.41) is 2.70. The summed E-state index contributed by atoms with van der Waals surface area (Å²) in [6.07, 6.45) is 0. The number of nitrogens with one attached hydrogen (secondary N) is 2. The second-order valence-corrected chi connectivity index (χ2v) is 7.31. The van der Waals surface area contributed by atoms with E-state index in [9.17, 15) is 22.0 Å². The third kappa shape index (κ3) is 4.24. The van der Waals surface area contributed by atoms with Crippen LogP contribution >= 0.6 is 0 Å². The van der Waals surface area contributed by atoms with Crippen LogP contribution in [0.1, 0.15) is 5.56 Å². The van der Waals surface area contributed by atoms with Gasteiger partial charge < -0.3 is 5.32 Å². The Hall–Kier alpha value is -2.96. The standard InChI is InChI=1S/C18H15F2N3O3S/c19-15-4-1-5-16(20)17(15)27(25,26)22-10-2-3-13-6-8-14(9-7-13)23-12-11-21-18(23)24/h1,4-9,22H,10-12H2,(H,21,24). The maximum absolute atomic E-state index is 13.6. The zero-order valence-corrected chi connectivity index (χ0v) is 14.8. The van der Waals surface area contributed by atoms with E-state index in [4.69, 9.17) is 0 Å². The molecule has 0 spiro atoms. The van der Waals surface area contributed by atoms with Gasteiger partial charge in [-0.2, -0.15) is 4.72 Å². The Morgan fingerprint density at radius 1 is 1.11 bits per heavy atom. The molecule has 27 heavy (non-hydrogen) atoms. The summed E-state index contributed by atoms with van der Waals surface area (Å²) in [6.45, 7) is 0.855. The molecule has 3 rings (SSSR count). The normalized spacial score (nSPS) is 13.9. The monoisotopic (exact) mass is 391 g/mol. The number of urea groups is 1. The number of hydrogen-bond donors (Lipinski definition) is 2. The molecule has 6 nitrogen and oxygen atoms in total. The lowest BCUT2D eigenvalue weighted by Gasteiger charge is -2.13. The Morgan fingerprint density at radius 3 is 2.37 bits per heavy atom. The van der Waals surface area contributed by atoms with Crippen molar-refractivity contribution in [2.75, 3.05) is 24.5 Å². The molecule has 1 aliphatic heterocycles. The van der Waals surface area contributed by atoms with Gasteiger partial charge in [0.05, 0.1) is 6.54 Å². The Bertz CT molecular complexity index is 1010. The lowest BCUT2D eigenvalue weighted by atomic mass is 10.2. The van der Waals surface area contributed by atoms with Gasteiger partial charge in [-0.15, -0.1) is 0 Å². The molecule has 140 valence electrons. The van der Waals surface area contributed by atoms with Gasteiger partial charge in [0.2, 0.25) is 10.0 Å². The summed E-state index contributed by atoms with van der Waals surface area (Å²) in [6, 6.07) is 9.50. The van der Waals surface area contributed by atoms with E-state index in [0.29, 0.717) is 18.7 Å². The first-order valence-corrected chi connectivity index (χ1v) is 9.45. The molecule has 2 amide bonds. The van der Waals surface area contributed by atoms with Crippen molar-refractivity contribution in [3.63, 3.8) is 0 Å². The molecule has 0 saturated carbocycles. The molecule has 0 radical (unpaired) electrons. The van der Waals surface area contributed by atoms with Crippen LogP contribution in [-0.4, -0.2) is 34.1 Å². The SMILES string of the molecule is O=C1NCCN1c1ccc(C#CCNS(=O)(=O)c2c(F)cccc2F)cc1. The number of benzene rings is 2. The van der Waals surface area contributed by atoms with Crippen molar-refractivity contribution in [3.05, 3.63) is 59.7 Å². The summed E-state index contributed by atoms with van der Waals surface area (Å²) in [4.78, 5) is 12.2. The van der Waals surface area contributed by atoms with E-state index in [-0.39, 0.29) is 12.6 Å². The summed E-state index contributed by atoms with van der Waals surface area (Å²) < 4.78 is 53.2. The number of nitrogens with zero attached hydrogens (tertiary/aromatic N) is 1. The van der Waals surface area contributed by atoms with Crippen LogP contribution < -0.4 is 14.9 Å². The number of anilines is 1. The molecule has 1 aliphatic rings. The van der Waals surface area contributed by atoms with E-state index in [1.165, 1.54) is 0 Å². The molecule has 2 aromatic carbocycles. The Labute approximate surface area is 155 Å². The minimum Gasteiger partial charge on any atom is -0.336 e. The van der Waals surface area contributed by atoms with Crippen molar-refractivity contribution < 1.29 is 22.0 Å². The second-order valence-electron chi connectivity index (χ2n) is 5.61. The molecular weight excluding hydrogens is 376 g/mol. The summed E-state index contributed by atoms with van der Waals surface area (Å²) in [7, 11) is -4.35. The lowest BCUT2D eigenvalue weighted by Crippen LogP contribution is -2.27. The molecular formula is C18H15F2N3O3S. The number of carbonyl (C=O) groups excluding carboxylic acids is 1. The minimum atomic E-state index is -4.35. The molecule has 1 saturated heterocycles. The minimum absolute atomic E-state index is 0.163. The van der Waals surface area contributed by atoms with Gasteiger partial charge in [-0.25, -0.2) is 22.0 Å². The lowest BCUT2D eigenvalue weighted by molar-refractivity contribution is 0.252. The van der Waals surface area contributed by atoms with Gasteiger partial charge in [0.15, 0.2) is 4.90 Å². The maximum Gasteiger partial charge on any atom is 0.321 e. The third-order valence-electron chi connectivity index (χ3n) is 3.81. The Balaban J connectivity index is 1.64. The van der Waals surface area contributed by atoms with Crippen LogP contribution in [0.2, 0.25) is 0 Å². The molecule has 2 aromatic rings. The van der Waals surface area contributed by atoms with Crippen molar-refractivity contribution in [1.29, 1.82) is 0 Å². The van der Waals surface area contributed by atoms with Crippen molar-refractivity contribution in [2.24, 2.45) is 0 Å². The highest BCUT2D eigenvalue weighted by atomic mass is 32.2. The van der Waals surface area contributed by atoms with Crippen molar-refractivity contribution >= 4 is 21.7 Å². The van der Waals surface area contributed by atoms with Crippen molar-refractivity contribution in [3.8, 4) is 11.8 Å². The number of rotatable bonds is 4. The van der Waals surface area contributed by atoms with Crippen molar-refractivity contribution in [1.82, 2.24) is 10.0 Å². The van der Waals surface area contributed by atoms with Crippen LogP contribution in [0.5, 0.6) is 0 Å². The first-order chi connectivity index (χ1) is 12.9. The third-order valence-corrected chi connectivity index (χ3v) is 5.26. The first kappa shape index (κ1) is 18.8. The van der Waals surface area contributed by atoms with E-state index < -0.39 is 26.6 Å². The summed E-state index contributed by atoms with van der Waals surface area (Å²) >= 11 is 0. The molecule has 0 aromatic heterocycles.